The summed E-state index contributed by atoms with van der Waals surface area (Å²) in [6, 6.07) is 1.54. The number of benzene rings is 1. The summed E-state index contributed by atoms with van der Waals surface area (Å²) < 4.78 is 33.8. The molecule has 0 N–H and O–H groups in total. The lowest BCUT2D eigenvalue weighted by Gasteiger charge is -2.18. The molecule has 0 aromatic heterocycles. The fourth-order valence-electron chi connectivity index (χ4n) is 1.77. The summed E-state index contributed by atoms with van der Waals surface area (Å²) in [5, 5.41) is 0. The highest BCUT2D eigenvalue weighted by atomic mass is 35.7. The molecule has 0 radical (unpaired) electrons. The van der Waals surface area contributed by atoms with Gasteiger partial charge >= 0.3 is 0 Å². The molecule has 1 unspecified atom stereocenters. The Morgan fingerprint density at radius 2 is 1.84 bits per heavy atom. The van der Waals surface area contributed by atoms with Crippen LogP contribution in [-0.4, -0.2) is 28.2 Å². The van der Waals surface area contributed by atoms with Gasteiger partial charge in [-0.25, -0.2) is 8.42 Å². The quantitative estimate of drug-likeness (QED) is 0.785. The molecule has 0 saturated carbocycles. The molecule has 19 heavy (non-hydrogen) atoms. The molecule has 0 heterocycles. The molecule has 4 nitrogen and oxygen atoms in total. The molecule has 108 valence electrons. The average Bonchev–Trinajstić information content (AvgIpc) is 2.31. The maximum Gasteiger partial charge on any atom is 0.261 e. The molecule has 6 heteroatoms. The minimum absolute atomic E-state index is 0.0319. The summed E-state index contributed by atoms with van der Waals surface area (Å²) in [6.07, 6.45) is -0.0319. The third-order valence-corrected chi connectivity index (χ3v) is 4.55. The number of ether oxygens (including phenoxy) is 2. The first-order chi connectivity index (χ1) is 8.68. The van der Waals surface area contributed by atoms with E-state index in [2.05, 4.69) is 0 Å². The number of hydrogen-bond donors (Lipinski definition) is 0. The standard InChI is InChI=1S/C13H19ClO4S/c1-8-6-12(19(14,15)16)10(3)11(4)13(8)18-7-9(2)17-5/h6,9H,7H2,1-5H3. The highest BCUT2D eigenvalue weighted by molar-refractivity contribution is 8.13. The van der Waals surface area contributed by atoms with Gasteiger partial charge in [0.15, 0.2) is 0 Å². The van der Waals surface area contributed by atoms with Gasteiger partial charge in [0.1, 0.15) is 12.4 Å². The predicted molar refractivity (Wildman–Crippen MR) is 75.7 cm³/mol. The molecule has 1 rings (SSSR count). The lowest BCUT2D eigenvalue weighted by molar-refractivity contribution is 0.0711. The molecule has 0 bridgehead atoms. The Labute approximate surface area is 119 Å². The molecule has 0 aliphatic heterocycles. The van der Waals surface area contributed by atoms with Gasteiger partial charge in [0.2, 0.25) is 0 Å². The second kappa shape index (κ2) is 6.11. The van der Waals surface area contributed by atoms with Gasteiger partial charge < -0.3 is 9.47 Å². The van der Waals surface area contributed by atoms with Crippen molar-refractivity contribution in [3.05, 3.63) is 22.8 Å². The van der Waals surface area contributed by atoms with Gasteiger partial charge in [-0.2, -0.15) is 0 Å². The van der Waals surface area contributed by atoms with E-state index in [4.69, 9.17) is 20.2 Å². The zero-order valence-corrected chi connectivity index (χ0v) is 13.4. The van der Waals surface area contributed by atoms with Crippen LogP contribution in [0.25, 0.3) is 0 Å². The van der Waals surface area contributed by atoms with Crippen molar-refractivity contribution in [3.63, 3.8) is 0 Å². The van der Waals surface area contributed by atoms with E-state index < -0.39 is 9.05 Å². The van der Waals surface area contributed by atoms with Crippen LogP contribution in [0.3, 0.4) is 0 Å². The van der Waals surface area contributed by atoms with Gasteiger partial charge in [0.25, 0.3) is 9.05 Å². The van der Waals surface area contributed by atoms with E-state index in [1.54, 1.807) is 21.0 Å². The summed E-state index contributed by atoms with van der Waals surface area (Å²) >= 11 is 0. The lowest BCUT2D eigenvalue weighted by Crippen LogP contribution is -2.17. The normalized spacial score (nSPS) is 13.4. The number of hydrogen-bond acceptors (Lipinski definition) is 4. The maximum absolute atomic E-state index is 11.5. The van der Waals surface area contributed by atoms with Crippen molar-refractivity contribution in [1.82, 2.24) is 0 Å². The summed E-state index contributed by atoms with van der Waals surface area (Å²) in [6.45, 7) is 7.64. The summed E-state index contributed by atoms with van der Waals surface area (Å²) in [5.41, 5.74) is 2.13. The Morgan fingerprint density at radius 1 is 1.26 bits per heavy atom. The van der Waals surface area contributed by atoms with Crippen LogP contribution >= 0.6 is 10.7 Å². The molecule has 0 spiro atoms. The monoisotopic (exact) mass is 306 g/mol. The van der Waals surface area contributed by atoms with E-state index in [0.717, 1.165) is 11.1 Å². The Kier molecular flexibility index (Phi) is 5.24. The van der Waals surface area contributed by atoms with Crippen molar-refractivity contribution in [2.75, 3.05) is 13.7 Å². The molecule has 0 fully saturated rings. The predicted octanol–water partition coefficient (Wildman–Crippen LogP) is 2.95. The summed E-state index contributed by atoms with van der Waals surface area (Å²) in [5.74, 6) is 0.686. The smallest absolute Gasteiger partial charge is 0.261 e. The molecule has 0 aliphatic rings. The zero-order chi connectivity index (χ0) is 14.8. The molecule has 0 aliphatic carbocycles. The van der Waals surface area contributed by atoms with Gasteiger partial charge in [-0.15, -0.1) is 0 Å². The highest BCUT2D eigenvalue weighted by Gasteiger charge is 2.19. The fourth-order valence-corrected chi connectivity index (χ4v) is 3.08. The van der Waals surface area contributed by atoms with Gasteiger partial charge in [0, 0.05) is 17.8 Å². The van der Waals surface area contributed by atoms with Crippen LogP contribution in [0.2, 0.25) is 0 Å². The first-order valence-electron chi connectivity index (χ1n) is 5.89. The topological polar surface area (TPSA) is 52.6 Å². The van der Waals surface area contributed by atoms with Crippen LogP contribution in [-0.2, 0) is 13.8 Å². The maximum atomic E-state index is 11.5. The van der Waals surface area contributed by atoms with Gasteiger partial charge in [-0.05, 0) is 50.5 Å². The van der Waals surface area contributed by atoms with Crippen molar-refractivity contribution < 1.29 is 17.9 Å². The zero-order valence-electron chi connectivity index (χ0n) is 11.8. The van der Waals surface area contributed by atoms with Crippen molar-refractivity contribution in [1.29, 1.82) is 0 Å². The average molecular weight is 307 g/mol. The largest absolute Gasteiger partial charge is 0.490 e. The molecular weight excluding hydrogens is 288 g/mol. The van der Waals surface area contributed by atoms with E-state index in [-0.39, 0.29) is 11.0 Å². The minimum atomic E-state index is -3.74. The number of rotatable bonds is 5. The van der Waals surface area contributed by atoms with Crippen LogP contribution < -0.4 is 4.74 Å². The van der Waals surface area contributed by atoms with Crippen LogP contribution in [0.15, 0.2) is 11.0 Å². The molecular formula is C13H19ClO4S. The summed E-state index contributed by atoms with van der Waals surface area (Å²) in [7, 11) is 3.30. The minimum Gasteiger partial charge on any atom is -0.490 e. The first kappa shape index (κ1) is 16.3. The first-order valence-corrected chi connectivity index (χ1v) is 8.20. The van der Waals surface area contributed by atoms with Crippen molar-refractivity contribution >= 4 is 19.7 Å². The fraction of sp³-hybridized carbons (Fsp3) is 0.538. The number of methoxy groups -OCH3 is 1. The third kappa shape index (κ3) is 3.84. The van der Waals surface area contributed by atoms with E-state index in [0.29, 0.717) is 17.9 Å². The Bertz CT molecular complexity index is 566. The number of halogens is 1. The SMILES string of the molecule is COC(C)COc1c(C)cc(S(=O)(=O)Cl)c(C)c1C. The van der Waals surface area contributed by atoms with Gasteiger partial charge in [-0.3, -0.25) is 0 Å². The van der Waals surface area contributed by atoms with Crippen molar-refractivity contribution in [2.24, 2.45) is 0 Å². The van der Waals surface area contributed by atoms with E-state index in [1.165, 1.54) is 6.07 Å². The van der Waals surface area contributed by atoms with Gasteiger partial charge in [-0.1, -0.05) is 0 Å². The molecule has 0 amide bonds. The third-order valence-electron chi connectivity index (χ3n) is 3.11. The van der Waals surface area contributed by atoms with Crippen LogP contribution in [0.5, 0.6) is 5.75 Å². The van der Waals surface area contributed by atoms with Crippen LogP contribution in [0.4, 0.5) is 0 Å². The van der Waals surface area contributed by atoms with Crippen molar-refractivity contribution in [2.45, 2.75) is 38.7 Å². The van der Waals surface area contributed by atoms with E-state index in [1.807, 2.05) is 13.8 Å². The van der Waals surface area contributed by atoms with E-state index >= 15 is 0 Å². The Balaban J connectivity index is 3.20. The van der Waals surface area contributed by atoms with E-state index in [9.17, 15) is 8.42 Å². The lowest BCUT2D eigenvalue weighted by atomic mass is 10.1. The van der Waals surface area contributed by atoms with Gasteiger partial charge in [0.05, 0.1) is 11.0 Å². The Morgan fingerprint density at radius 3 is 2.32 bits per heavy atom. The molecule has 0 saturated heterocycles. The Hall–Kier alpha value is -0.780. The second-order valence-electron chi connectivity index (χ2n) is 4.57. The molecule has 1 aromatic carbocycles. The molecule has 1 atom stereocenters. The number of aryl methyl sites for hydroxylation is 1. The van der Waals surface area contributed by atoms with Crippen molar-refractivity contribution in [3.8, 4) is 5.75 Å². The van der Waals surface area contributed by atoms with Crippen LogP contribution in [0, 0.1) is 20.8 Å². The van der Waals surface area contributed by atoms with Crippen LogP contribution in [0.1, 0.15) is 23.6 Å². The molecule has 1 aromatic rings. The highest BCUT2D eigenvalue weighted by Crippen LogP contribution is 2.32. The summed E-state index contributed by atoms with van der Waals surface area (Å²) in [4.78, 5) is 0.135. The second-order valence-corrected chi connectivity index (χ2v) is 7.10.